The minimum Gasteiger partial charge on any atom is -0.318 e. The summed E-state index contributed by atoms with van der Waals surface area (Å²) in [5, 5.41) is 4.24. The van der Waals surface area contributed by atoms with Crippen LogP contribution in [0.25, 0.3) is 5.69 Å². The molecule has 0 aliphatic heterocycles. The minimum atomic E-state index is 0.759. The van der Waals surface area contributed by atoms with Crippen LogP contribution < -0.4 is 5.32 Å². The van der Waals surface area contributed by atoms with Gasteiger partial charge in [-0.25, -0.2) is 0 Å². The van der Waals surface area contributed by atoms with E-state index in [1.54, 1.807) is 6.20 Å². The summed E-state index contributed by atoms with van der Waals surface area (Å²) in [4.78, 5) is 4.14. The van der Waals surface area contributed by atoms with E-state index in [1.807, 2.05) is 24.4 Å². The standard InChI is InChI=1S/C19H20ClN3/c1-14-10-17(13-22-12-16-4-3-9-21-11-16)15(2)23(14)19-7-5-18(20)6-8-19/h3-11,22H,12-13H2,1-2H3. The number of halogens is 1. The Morgan fingerprint density at radius 3 is 2.57 bits per heavy atom. The van der Waals surface area contributed by atoms with Crippen LogP contribution in [0.5, 0.6) is 0 Å². The average molecular weight is 326 g/mol. The number of aryl methyl sites for hydroxylation is 1. The summed E-state index contributed by atoms with van der Waals surface area (Å²) in [7, 11) is 0. The Hall–Kier alpha value is -2.10. The lowest BCUT2D eigenvalue weighted by Crippen LogP contribution is -2.13. The zero-order valence-electron chi connectivity index (χ0n) is 13.4. The molecule has 3 aromatic rings. The molecule has 1 aromatic carbocycles. The molecule has 1 N–H and O–H groups in total. The summed E-state index contributed by atoms with van der Waals surface area (Å²) in [6.07, 6.45) is 3.69. The second-order valence-corrected chi connectivity index (χ2v) is 6.11. The normalized spacial score (nSPS) is 10.9. The Balaban J connectivity index is 1.74. The van der Waals surface area contributed by atoms with Gasteiger partial charge in [0.05, 0.1) is 0 Å². The van der Waals surface area contributed by atoms with Crippen molar-refractivity contribution in [1.29, 1.82) is 0 Å². The number of hydrogen-bond donors (Lipinski definition) is 1. The number of hydrogen-bond acceptors (Lipinski definition) is 2. The van der Waals surface area contributed by atoms with Gasteiger partial charge >= 0.3 is 0 Å². The number of rotatable bonds is 5. The molecular formula is C19H20ClN3. The molecule has 0 fully saturated rings. The SMILES string of the molecule is Cc1cc(CNCc2cccnc2)c(C)n1-c1ccc(Cl)cc1. The fourth-order valence-corrected chi connectivity index (χ4v) is 2.97. The summed E-state index contributed by atoms with van der Waals surface area (Å²) < 4.78 is 2.26. The smallest absolute Gasteiger partial charge is 0.0456 e. The zero-order valence-corrected chi connectivity index (χ0v) is 14.1. The highest BCUT2D eigenvalue weighted by atomic mass is 35.5. The minimum absolute atomic E-state index is 0.759. The van der Waals surface area contributed by atoms with E-state index < -0.39 is 0 Å². The number of benzene rings is 1. The number of aromatic nitrogens is 2. The fourth-order valence-electron chi connectivity index (χ4n) is 2.84. The third-order valence-electron chi connectivity index (χ3n) is 3.99. The average Bonchev–Trinajstić information content (AvgIpc) is 2.84. The maximum absolute atomic E-state index is 5.99. The van der Waals surface area contributed by atoms with Crippen molar-refractivity contribution >= 4 is 11.6 Å². The van der Waals surface area contributed by atoms with Crippen LogP contribution >= 0.6 is 11.6 Å². The molecule has 0 amide bonds. The number of pyridine rings is 1. The molecule has 2 aromatic heterocycles. The molecule has 0 atom stereocenters. The van der Waals surface area contributed by atoms with Gasteiger partial charge in [0.25, 0.3) is 0 Å². The lowest BCUT2D eigenvalue weighted by atomic mass is 10.2. The summed E-state index contributed by atoms with van der Waals surface area (Å²) in [5.41, 5.74) is 6.12. The van der Waals surface area contributed by atoms with E-state index in [0.29, 0.717) is 0 Å². The van der Waals surface area contributed by atoms with Crippen LogP contribution in [0.15, 0.2) is 54.9 Å². The van der Waals surface area contributed by atoms with E-state index >= 15 is 0 Å². The van der Waals surface area contributed by atoms with E-state index in [2.05, 4.69) is 53.0 Å². The highest BCUT2D eigenvalue weighted by Crippen LogP contribution is 2.22. The Bertz CT molecular complexity index is 776. The van der Waals surface area contributed by atoms with Gasteiger partial charge in [-0.05, 0) is 61.4 Å². The van der Waals surface area contributed by atoms with Crippen LogP contribution in [0.3, 0.4) is 0 Å². The van der Waals surface area contributed by atoms with Gasteiger partial charge in [0.2, 0.25) is 0 Å². The molecule has 0 aliphatic carbocycles. The first-order chi connectivity index (χ1) is 11.1. The lowest BCUT2D eigenvalue weighted by molar-refractivity contribution is 0.687. The van der Waals surface area contributed by atoms with Crippen molar-refractivity contribution in [2.45, 2.75) is 26.9 Å². The summed E-state index contributed by atoms with van der Waals surface area (Å²) in [6, 6.07) is 14.2. The van der Waals surface area contributed by atoms with Gasteiger partial charge in [-0.3, -0.25) is 4.98 Å². The second-order valence-electron chi connectivity index (χ2n) is 5.67. The van der Waals surface area contributed by atoms with Crippen LogP contribution in [0.2, 0.25) is 5.02 Å². The highest BCUT2D eigenvalue weighted by molar-refractivity contribution is 6.30. The highest BCUT2D eigenvalue weighted by Gasteiger charge is 2.10. The Morgan fingerprint density at radius 1 is 1.09 bits per heavy atom. The molecule has 0 aliphatic rings. The third kappa shape index (κ3) is 3.63. The monoisotopic (exact) mass is 325 g/mol. The molecule has 3 rings (SSSR count). The predicted octanol–water partition coefficient (Wildman–Crippen LogP) is 4.43. The van der Waals surface area contributed by atoms with E-state index in [9.17, 15) is 0 Å². The molecule has 0 unspecified atom stereocenters. The van der Waals surface area contributed by atoms with E-state index in [-0.39, 0.29) is 0 Å². The molecule has 2 heterocycles. The fraction of sp³-hybridized carbons (Fsp3) is 0.211. The van der Waals surface area contributed by atoms with E-state index in [1.165, 1.54) is 22.5 Å². The molecule has 0 saturated carbocycles. The largest absolute Gasteiger partial charge is 0.318 e. The molecule has 0 radical (unpaired) electrons. The maximum atomic E-state index is 5.99. The van der Waals surface area contributed by atoms with Crippen LogP contribution in [0.1, 0.15) is 22.5 Å². The first kappa shape index (κ1) is 15.8. The Kier molecular flexibility index (Phi) is 4.79. The van der Waals surface area contributed by atoms with Gasteiger partial charge in [-0.15, -0.1) is 0 Å². The van der Waals surface area contributed by atoms with Gasteiger partial charge in [0, 0.05) is 47.6 Å². The summed E-state index contributed by atoms with van der Waals surface area (Å²) in [5.74, 6) is 0. The topological polar surface area (TPSA) is 29.9 Å². The van der Waals surface area contributed by atoms with Crippen LogP contribution in [-0.4, -0.2) is 9.55 Å². The molecule has 0 spiro atoms. The Labute approximate surface area is 141 Å². The van der Waals surface area contributed by atoms with Crippen molar-refractivity contribution in [3.05, 3.63) is 82.4 Å². The first-order valence-electron chi connectivity index (χ1n) is 7.68. The van der Waals surface area contributed by atoms with Gasteiger partial charge in [-0.2, -0.15) is 0 Å². The van der Waals surface area contributed by atoms with Crippen LogP contribution in [0.4, 0.5) is 0 Å². The predicted molar refractivity (Wildman–Crippen MR) is 95.0 cm³/mol. The maximum Gasteiger partial charge on any atom is 0.0456 e. The first-order valence-corrected chi connectivity index (χ1v) is 8.06. The zero-order chi connectivity index (χ0) is 16.2. The molecular weight excluding hydrogens is 306 g/mol. The van der Waals surface area contributed by atoms with Crippen molar-refractivity contribution in [2.75, 3.05) is 0 Å². The van der Waals surface area contributed by atoms with Crippen LogP contribution in [-0.2, 0) is 13.1 Å². The van der Waals surface area contributed by atoms with Crippen molar-refractivity contribution in [3.63, 3.8) is 0 Å². The van der Waals surface area contributed by atoms with Crippen molar-refractivity contribution in [3.8, 4) is 5.69 Å². The quantitative estimate of drug-likeness (QED) is 0.752. The van der Waals surface area contributed by atoms with Gasteiger partial charge in [-0.1, -0.05) is 17.7 Å². The second kappa shape index (κ2) is 6.99. The van der Waals surface area contributed by atoms with Crippen molar-refractivity contribution < 1.29 is 0 Å². The van der Waals surface area contributed by atoms with Crippen molar-refractivity contribution in [2.24, 2.45) is 0 Å². The number of nitrogens with zero attached hydrogens (tertiary/aromatic N) is 2. The summed E-state index contributed by atoms with van der Waals surface area (Å²) in [6.45, 7) is 5.94. The van der Waals surface area contributed by atoms with Gasteiger partial charge in [0.15, 0.2) is 0 Å². The molecule has 0 saturated heterocycles. The van der Waals surface area contributed by atoms with Crippen molar-refractivity contribution in [1.82, 2.24) is 14.9 Å². The summed E-state index contributed by atoms with van der Waals surface area (Å²) >= 11 is 5.99. The third-order valence-corrected chi connectivity index (χ3v) is 4.24. The van der Waals surface area contributed by atoms with E-state index in [4.69, 9.17) is 11.6 Å². The number of nitrogens with one attached hydrogen (secondary N) is 1. The molecule has 118 valence electrons. The lowest BCUT2D eigenvalue weighted by Gasteiger charge is -2.10. The van der Waals surface area contributed by atoms with Gasteiger partial charge in [0.1, 0.15) is 0 Å². The van der Waals surface area contributed by atoms with Crippen LogP contribution in [0, 0.1) is 13.8 Å². The van der Waals surface area contributed by atoms with Gasteiger partial charge < -0.3 is 9.88 Å². The van der Waals surface area contributed by atoms with E-state index in [0.717, 1.165) is 23.8 Å². The molecule has 3 nitrogen and oxygen atoms in total. The molecule has 23 heavy (non-hydrogen) atoms. The molecule has 0 bridgehead atoms. The molecule has 4 heteroatoms. The Morgan fingerprint density at radius 2 is 1.87 bits per heavy atom.